The molecule has 0 spiro atoms. The molecule has 1 atom stereocenters. The van der Waals surface area contributed by atoms with E-state index in [0.717, 1.165) is 21.1 Å². The van der Waals surface area contributed by atoms with Crippen molar-refractivity contribution in [2.45, 2.75) is 19.9 Å². The average Bonchev–Trinajstić information content (AvgIpc) is 2.85. The summed E-state index contributed by atoms with van der Waals surface area (Å²) in [5.41, 5.74) is 3.22. The molecule has 0 aliphatic rings. The number of hydrogen-bond donors (Lipinski definition) is 1. The number of aromatic nitrogens is 1. The second-order valence-corrected chi connectivity index (χ2v) is 6.63. The van der Waals surface area contributed by atoms with Crippen molar-refractivity contribution in [1.29, 1.82) is 0 Å². The average molecular weight is 372 g/mol. The van der Waals surface area contributed by atoms with Gasteiger partial charge in [-0.05, 0) is 32.0 Å². The van der Waals surface area contributed by atoms with Crippen LogP contribution in [0, 0.1) is 6.92 Å². The van der Waals surface area contributed by atoms with Crippen LogP contribution in [0.4, 0.5) is 0 Å². The maximum atomic E-state index is 13.0. The van der Waals surface area contributed by atoms with E-state index in [9.17, 15) is 9.90 Å². The largest absolute Gasteiger partial charge is 0.394 e. The van der Waals surface area contributed by atoms with Gasteiger partial charge in [-0.1, -0.05) is 46.3 Å². The third-order valence-corrected chi connectivity index (χ3v) is 4.67. The van der Waals surface area contributed by atoms with Crippen molar-refractivity contribution in [3.8, 4) is 0 Å². The lowest BCUT2D eigenvalue weighted by Gasteiger charge is -2.15. The van der Waals surface area contributed by atoms with E-state index in [0.29, 0.717) is 11.1 Å². The highest BCUT2D eigenvalue weighted by molar-refractivity contribution is 9.10. The second-order valence-electron chi connectivity index (χ2n) is 5.72. The highest BCUT2D eigenvalue weighted by Crippen LogP contribution is 2.32. The van der Waals surface area contributed by atoms with Gasteiger partial charge >= 0.3 is 0 Å². The van der Waals surface area contributed by atoms with Crippen LogP contribution in [-0.4, -0.2) is 22.1 Å². The highest BCUT2D eigenvalue weighted by atomic mass is 79.9. The molecule has 1 N–H and O–H groups in total. The summed E-state index contributed by atoms with van der Waals surface area (Å²) in [4.78, 5) is 13.0. The number of ketones is 1. The van der Waals surface area contributed by atoms with Crippen LogP contribution in [0.15, 0.2) is 53.0 Å². The van der Waals surface area contributed by atoms with Crippen molar-refractivity contribution in [2.75, 3.05) is 6.61 Å². The first kappa shape index (κ1) is 16.0. The summed E-state index contributed by atoms with van der Waals surface area (Å²) >= 11 is 3.49. The van der Waals surface area contributed by atoms with Gasteiger partial charge in [0.15, 0.2) is 5.78 Å². The van der Waals surface area contributed by atoms with Gasteiger partial charge in [-0.25, -0.2) is 0 Å². The van der Waals surface area contributed by atoms with Crippen LogP contribution in [-0.2, 0) is 0 Å². The van der Waals surface area contributed by atoms with Gasteiger partial charge in [-0.15, -0.1) is 0 Å². The van der Waals surface area contributed by atoms with Crippen molar-refractivity contribution in [2.24, 2.45) is 0 Å². The van der Waals surface area contributed by atoms with Gasteiger partial charge in [0.25, 0.3) is 0 Å². The highest BCUT2D eigenvalue weighted by Gasteiger charge is 2.23. The molecule has 0 aliphatic heterocycles. The van der Waals surface area contributed by atoms with E-state index in [2.05, 4.69) is 15.9 Å². The first-order valence-corrected chi connectivity index (χ1v) is 8.34. The number of halogens is 1. The van der Waals surface area contributed by atoms with Gasteiger partial charge in [-0.2, -0.15) is 0 Å². The predicted octanol–water partition coefficient (Wildman–Crippen LogP) is 4.50. The van der Waals surface area contributed by atoms with E-state index >= 15 is 0 Å². The maximum absolute atomic E-state index is 13.0. The molecule has 1 unspecified atom stereocenters. The smallest absolute Gasteiger partial charge is 0.195 e. The Bertz CT molecular complexity index is 868. The lowest BCUT2D eigenvalue weighted by Crippen LogP contribution is -2.12. The van der Waals surface area contributed by atoms with E-state index in [1.54, 1.807) is 0 Å². The Morgan fingerprint density at radius 2 is 1.91 bits per heavy atom. The Hall–Kier alpha value is -1.91. The Labute approximate surface area is 143 Å². The minimum absolute atomic E-state index is 0.00934. The van der Waals surface area contributed by atoms with Crippen molar-refractivity contribution in [1.82, 2.24) is 4.57 Å². The van der Waals surface area contributed by atoms with Gasteiger partial charge in [0.2, 0.25) is 0 Å². The van der Waals surface area contributed by atoms with Gasteiger partial charge in [0.1, 0.15) is 0 Å². The molecule has 0 amide bonds. The molecule has 0 radical (unpaired) electrons. The molecule has 1 heterocycles. The molecule has 23 heavy (non-hydrogen) atoms. The third-order valence-electron chi connectivity index (χ3n) is 4.18. The van der Waals surface area contributed by atoms with Crippen LogP contribution < -0.4 is 0 Å². The van der Waals surface area contributed by atoms with Crippen LogP contribution in [0.25, 0.3) is 10.9 Å². The Morgan fingerprint density at radius 3 is 2.57 bits per heavy atom. The van der Waals surface area contributed by atoms with E-state index in [-0.39, 0.29) is 18.4 Å². The van der Waals surface area contributed by atoms with Crippen LogP contribution >= 0.6 is 15.9 Å². The number of benzene rings is 2. The molecule has 0 saturated carbocycles. The molecule has 4 heteroatoms. The molecule has 1 aromatic heterocycles. The topological polar surface area (TPSA) is 42.2 Å². The summed E-state index contributed by atoms with van der Waals surface area (Å²) in [7, 11) is 0. The lowest BCUT2D eigenvalue weighted by molar-refractivity contribution is 0.103. The molecule has 0 bridgehead atoms. The maximum Gasteiger partial charge on any atom is 0.195 e. The Balaban J connectivity index is 2.30. The van der Waals surface area contributed by atoms with Gasteiger partial charge in [0, 0.05) is 26.6 Å². The molecule has 2 aromatic carbocycles. The number of fused-ring (bicyclic) bond motifs is 1. The fourth-order valence-electron chi connectivity index (χ4n) is 3.08. The standard InChI is InChI=1S/C19H18BrNO2/c1-12(11-22)21-13(2)18(16-10-15(20)8-9-17(16)21)19(23)14-6-4-3-5-7-14/h3-10,12,22H,11H2,1-2H3. The van der Waals surface area contributed by atoms with Crippen molar-refractivity contribution in [3.05, 3.63) is 69.8 Å². The van der Waals surface area contributed by atoms with Crippen molar-refractivity contribution < 1.29 is 9.90 Å². The molecular weight excluding hydrogens is 354 g/mol. The quantitative estimate of drug-likeness (QED) is 0.686. The Morgan fingerprint density at radius 1 is 1.22 bits per heavy atom. The normalized spacial score (nSPS) is 12.5. The fourth-order valence-corrected chi connectivity index (χ4v) is 3.45. The predicted molar refractivity (Wildman–Crippen MR) is 96.0 cm³/mol. The van der Waals surface area contributed by atoms with Gasteiger partial charge in [-0.3, -0.25) is 4.79 Å². The molecule has 118 valence electrons. The molecule has 0 fully saturated rings. The van der Waals surface area contributed by atoms with Crippen LogP contribution in [0.2, 0.25) is 0 Å². The molecule has 3 aromatic rings. The number of nitrogens with zero attached hydrogens (tertiary/aromatic N) is 1. The molecular formula is C19H18BrNO2. The van der Waals surface area contributed by atoms with Gasteiger partial charge in [0.05, 0.1) is 18.2 Å². The fraction of sp³-hybridized carbons (Fsp3) is 0.211. The van der Waals surface area contributed by atoms with Crippen LogP contribution in [0.5, 0.6) is 0 Å². The first-order valence-electron chi connectivity index (χ1n) is 7.55. The van der Waals surface area contributed by atoms with E-state index in [4.69, 9.17) is 0 Å². The minimum Gasteiger partial charge on any atom is -0.394 e. The number of carbonyl (C=O) groups excluding carboxylic acids is 1. The molecule has 3 rings (SSSR count). The van der Waals surface area contributed by atoms with Crippen molar-refractivity contribution in [3.63, 3.8) is 0 Å². The second kappa shape index (κ2) is 6.30. The lowest BCUT2D eigenvalue weighted by atomic mass is 10.0. The summed E-state index contributed by atoms with van der Waals surface area (Å²) in [6.45, 7) is 3.92. The summed E-state index contributed by atoms with van der Waals surface area (Å²) in [6.07, 6.45) is 0. The van der Waals surface area contributed by atoms with E-state index in [1.165, 1.54) is 0 Å². The summed E-state index contributed by atoms with van der Waals surface area (Å²) in [6, 6.07) is 15.1. The zero-order valence-corrected chi connectivity index (χ0v) is 14.7. The molecule has 3 nitrogen and oxygen atoms in total. The minimum atomic E-state index is -0.0870. The number of hydrogen-bond acceptors (Lipinski definition) is 2. The Kier molecular flexibility index (Phi) is 4.37. The van der Waals surface area contributed by atoms with E-state index in [1.807, 2.05) is 66.9 Å². The number of aliphatic hydroxyl groups is 1. The number of rotatable bonds is 4. The monoisotopic (exact) mass is 371 g/mol. The van der Waals surface area contributed by atoms with E-state index < -0.39 is 0 Å². The van der Waals surface area contributed by atoms with Crippen LogP contribution in [0.1, 0.15) is 34.6 Å². The zero-order chi connectivity index (χ0) is 16.6. The number of carbonyl (C=O) groups is 1. The molecule has 0 saturated heterocycles. The van der Waals surface area contributed by atoms with Gasteiger partial charge < -0.3 is 9.67 Å². The van der Waals surface area contributed by atoms with Crippen LogP contribution in [0.3, 0.4) is 0 Å². The SMILES string of the molecule is Cc1c(C(=O)c2ccccc2)c2cc(Br)ccc2n1C(C)CO. The summed E-state index contributed by atoms with van der Waals surface area (Å²) in [5.74, 6) is 0.00934. The summed E-state index contributed by atoms with van der Waals surface area (Å²) in [5, 5.41) is 10.5. The molecule has 0 aliphatic carbocycles. The number of aliphatic hydroxyl groups excluding tert-OH is 1. The third kappa shape index (κ3) is 2.73. The zero-order valence-electron chi connectivity index (χ0n) is 13.1. The summed E-state index contributed by atoms with van der Waals surface area (Å²) < 4.78 is 2.97. The van der Waals surface area contributed by atoms with Crippen molar-refractivity contribution >= 4 is 32.6 Å². The first-order chi connectivity index (χ1) is 11.0.